The molecular weight excluding hydrogens is 284 g/mol. The van der Waals surface area contributed by atoms with Gasteiger partial charge in [-0.1, -0.05) is 13.8 Å². The fourth-order valence-electron chi connectivity index (χ4n) is 2.79. The number of piperidine rings is 1. The maximum absolute atomic E-state index is 12.4. The van der Waals surface area contributed by atoms with E-state index in [-0.39, 0.29) is 17.4 Å². The third kappa shape index (κ3) is 3.93. The third-order valence-corrected chi connectivity index (χ3v) is 5.01. The van der Waals surface area contributed by atoms with Crippen molar-refractivity contribution in [3.05, 3.63) is 12.3 Å². The van der Waals surface area contributed by atoms with Crippen LogP contribution in [0.25, 0.3) is 0 Å². The first-order valence-electron chi connectivity index (χ1n) is 7.47. The Morgan fingerprint density at radius 3 is 2.95 bits per heavy atom. The molecule has 118 valence electrons. The van der Waals surface area contributed by atoms with Crippen LogP contribution in [0.15, 0.2) is 12.3 Å². The number of aryl methyl sites for hydroxylation is 1. The molecule has 5 nitrogen and oxygen atoms in total. The summed E-state index contributed by atoms with van der Waals surface area (Å²) in [6, 6.07) is 2.25. The minimum atomic E-state index is -0.311. The first kappa shape index (κ1) is 16.2. The second kappa shape index (κ2) is 6.73. The van der Waals surface area contributed by atoms with Crippen LogP contribution in [0.2, 0.25) is 0 Å². The van der Waals surface area contributed by atoms with Gasteiger partial charge in [-0.25, -0.2) is 0 Å². The summed E-state index contributed by atoms with van der Waals surface area (Å²) in [5.41, 5.74) is -0.311. The van der Waals surface area contributed by atoms with E-state index in [0.29, 0.717) is 0 Å². The molecule has 0 unspecified atom stereocenters. The molecule has 1 N–H and O–H groups in total. The highest BCUT2D eigenvalue weighted by atomic mass is 32.2. The Labute approximate surface area is 131 Å². The van der Waals surface area contributed by atoms with Gasteiger partial charge in [0.25, 0.3) is 0 Å². The van der Waals surface area contributed by atoms with Crippen molar-refractivity contribution in [3.8, 4) is 0 Å². The van der Waals surface area contributed by atoms with E-state index in [2.05, 4.69) is 15.3 Å². The first-order chi connectivity index (χ1) is 9.94. The minimum absolute atomic E-state index is 0.161. The van der Waals surface area contributed by atoms with E-state index in [0.717, 1.165) is 37.5 Å². The molecule has 1 aliphatic heterocycles. The highest BCUT2D eigenvalue weighted by Gasteiger charge is 2.30. The van der Waals surface area contributed by atoms with Crippen LogP contribution < -0.4 is 10.2 Å². The number of rotatable bonds is 5. The van der Waals surface area contributed by atoms with Gasteiger partial charge in [-0.15, -0.1) is 0 Å². The summed E-state index contributed by atoms with van der Waals surface area (Å²) in [7, 11) is 1.96. The van der Waals surface area contributed by atoms with Crippen molar-refractivity contribution in [1.82, 2.24) is 15.1 Å². The zero-order valence-electron chi connectivity index (χ0n) is 13.4. The second-order valence-corrected chi connectivity index (χ2v) is 7.25. The minimum Gasteiger partial charge on any atom is -0.355 e. The van der Waals surface area contributed by atoms with Gasteiger partial charge in [0.2, 0.25) is 5.91 Å². The highest BCUT2D eigenvalue weighted by Crippen LogP contribution is 2.23. The van der Waals surface area contributed by atoms with E-state index in [9.17, 15) is 4.79 Å². The molecule has 1 aromatic rings. The number of hydrogen-bond acceptors (Lipinski definition) is 4. The van der Waals surface area contributed by atoms with E-state index in [1.165, 1.54) is 0 Å². The standard InChI is InChI=1S/C15H26N4OS/c1-15(2,11-21-4)14(20)17-12-6-5-9-19(10-12)13-7-8-16-18(13)3/h7-8,12H,5-6,9-11H2,1-4H3,(H,17,20)/t12-/m1/s1. The summed E-state index contributed by atoms with van der Waals surface area (Å²) in [6.07, 6.45) is 6.01. The van der Waals surface area contributed by atoms with Crippen molar-refractivity contribution >= 4 is 23.5 Å². The smallest absolute Gasteiger partial charge is 0.226 e. The van der Waals surface area contributed by atoms with Gasteiger partial charge < -0.3 is 10.2 Å². The summed E-state index contributed by atoms with van der Waals surface area (Å²) < 4.78 is 1.89. The molecule has 1 aliphatic rings. The number of nitrogens with one attached hydrogen (secondary N) is 1. The van der Waals surface area contributed by atoms with Gasteiger partial charge in [0.15, 0.2) is 0 Å². The number of thioether (sulfide) groups is 1. The summed E-state index contributed by atoms with van der Waals surface area (Å²) >= 11 is 1.72. The van der Waals surface area contributed by atoms with Crippen LogP contribution in [0.4, 0.5) is 5.82 Å². The van der Waals surface area contributed by atoms with Gasteiger partial charge in [-0.3, -0.25) is 9.48 Å². The molecule has 1 aromatic heterocycles. The van der Waals surface area contributed by atoms with Crippen molar-refractivity contribution in [2.75, 3.05) is 30.0 Å². The number of carbonyl (C=O) groups is 1. The molecule has 6 heteroatoms. The Morgan fingerprint density at radius 2 is 2.33 bits per heavy atom. The normalized spacial score (nSPS) is 19.6. The Bertz CT molecular complexity index is 486. The lowest BCUT2D eigenvalue weighted by Gasteiger charge is -2.36. The molecule has 21 heavy (non-hydrogen) atoms. The summed E-state index contributed by atoms with van der Waals surface area (Å²) in [4.78, 5) is 14.7. The van der Waals surface area contributed by atoms with Crippen LogP contribution in [-0.2, 0) is 11.8 Å². The van der Waals surface area contributed by atoms with Gasteiger partial charge in [0.1, 0.15) is 5.82 Å². The van der Waals surface area contributed by atoms with E-state index < -0.39 is 0 Å². The number of anilines is 1. The van der Waals surface area contributed by atoms with Crippen molar-refractivity contribution in [2.45, 2.75) is 32.7 Å². The Balaban J connectivity index is 1.96. The molecule has 1 amide bonds. The topological polar surface area (TPSA) is 50.2 Å². The summed E-state index contributed by atoms with van der Waals surface area (Å²) in [5, 5.41) is 7.46. The van der Waals surface area contributed by atoms with E-state index in [4.69, 9.17) is 0 Å². The van der Waals surface area contributed by atoms with E-state index >= 15 is 0 Å². The fourth-order valence-corrected chi connectivity index (χ4v) is 3.64. The molecular formula is C15H26N4OS. The quantitative estimate of drug-likeness (QED) is 0.902. The predicted octanol–water partition coefficient (Wildman–Crippen LogP) is 1.89. The van der Waals surface area contributed by atoms with Gasteiger partial charge >= 0.3 is 0 Å². The molecule has 2 rings (SSSR count). The van der Waals surface area contributed by atoms with Crippen molar-refractivity contribution in [3.63, 3.8) is 0 Å². The molecule has 0 aromatic carbocycles. The lowest BCUT2D eigenvalue weighted by Crippen LogP contribution is -2.51. The number of carbonyl (C=O) groups excluding carboxylic acids is 1. The lowest BCUT2D eigenvalue weighted by molar-refractivity contribution is -0.129. The summed E-state index contributed by atoms with van der Waals surface area (Å²) in [6.45, 7) is 5.92. The highest BCUT2D eigenvalue weighted by molar-refractivity contribution is 7.98. The second-order valence-electron chi connectivity index (χ2n) is 6.39. The average Bonchev–Trinajstić information content (AvgIpc) is 2.85. The number of aromatic nitrogens is 2. The fraction of sp³-hybridized carbons (Fsp3) is 0.733. The van der Waals surface area contributed by atoms with Crippen LogP contribution >= 0.6 is 11.8 Å². The van der Waals surface area contributed by atoms with Crippen molar-refractivity contribution < 1.29 is 4.79 Å². The van der Waals surface area contributed by atoms with Gasteiger partial charge in [-0.2, -0.15) is 16.9 Å². The first-order valence-corrected chi connectivity index (χ1v) is 8.86. The molecule has 0 radical (unpaired) electrons. The van der Waals surface area contributed by atoms with Gasteiger partial charge in [-0.05, 0) is 19.1 Å². The van der Waals surface area contributed by atoms with Gasteiger partial charge in [0, 0.05) is 38.0 Å². The molecule has 0 aliphatic carbocycles. The van der Waals surface area contributed by atoms with Crippen LogP contribution in [0.5, 0.6) is 0 Å². The largest absolute Gasteiger partial charge is 0.355 e. The Hall–Kier alpha value is -1.17. The van der Waals surface area contributed by atoms with E-state index in [1.807, 2.05) is 44.1 Å². The third-order valence-electron chi connectivity index (χ3n) is 4.00. The van der Waals surface area contributed by atoms with Crippen molar-refractivity contribution in [1.29, 1.82) is 0 Å². The predicted molar refractivity (Wildman–Crippen MR) is 88.7 cm³/mol. The molecule has 1 atom stereocenters. The van der Waals surface area contributed by atoms with E-state index in [1.54, 1.807) is 11.8 Å². The van der Waals surface area contributed by atoms with Gasteiger partial charge in [0.05, 0.1) is 11.6 Å². The number of hydrogen-bond donors (Lipinski definition) is 1. The Morgan fingerprint density at radius 1 is 1.57 bits per heavy atom. The number of nitrogens with zero attached hydrogens (tertiary/aromatic N) is 3. The molecule has 0 spiro atoms. The lowest BCUT2D eigenvalue weighted by atomic mass is 9.94. The van der Waals surface area contributed by atoms with Crippen LogP contribution in [0, 0.1) is 5.41 Å². The summed E-state index contributed by atoms with van der Waals surface area (Å²) in [5.74, 6) is 2.13. The molecule has 2 heterocycles. The molecule has 1 saturated heterocycles. The van der Waals surface area contributed by atoms with Crippen molar-refractivity contribution in [2.24, 2.45) is 12.5 Å². The van der Waals surface area contributed by atoms with Crippen LogP contribution in [-0.4, -0.2) is 46.8 Å². The molecule has 1 fully saturated rings. The van der Waals surface area contributed by atoms with Crippen LogP contribution in [0.3, 0.4) is 0 Å². The zero-order valence-corrected chi connectivity index (χ0v) is 14.2. The zero-order chi connectivity index (χ0) is 15.5. The maximum atomic E-state index is 12.4. The maximum Gasteiger partial charge on any atom is 0.226 e. The Kier molecular flexibility index (Phi) is 5.19. The molecule has 0 saturated carbocycles. The average molecular weight is 310 g/mol. The SMILES string of the molecule is CSCC(C)(C)C(=O)N[C@@H]1CCCN(c2ccnn2C)C1. The molecule has 0 bridgehead atoms. The number of amides is 1. The monoisotopic (exact) mass is 310 g/mol. The van der Waals surface area contributed by atoms with Crippen LogP contribution in [0.1, 0.15) is 26.7 Å².